The van der Waals surface area contributed by atoms with Crippen molar-refractivity contribution in [3.63, 3.8) is 0 Å². The quantitative estimate of drug-likeness (QED) is 0.722. The predicted octanol–water partition coefficient (Wildman–Crippen LogP) is 4.16. The van der Waals surface area contributed by atoms with Crippen LogP contribution in [0.1, 0.15) is 21.5 Å². The van der Waals surface area contributed by atoms with Crippen molar-refractivity contribution in [2.75, 3.05) is 0 Å². The van der Waals surface area contributed by atoms with E-state index in [9.17, 15) is 9.18 Å². The highest BCUT2D eigenvalue weighted by Gasteiger charge is 2.13. The zero-order chi connectivity index (χ0) is 13.4. The Labute approximate surface area is 113 Å². The van der Waals surface area contributed by atoms with E-state index in [0.717, 1.165) is 20.9 Å². The Morgan fingerprint density at radius 3 is 2.32 bits per heavy atom. The van der Waals surface area contributed by atoms with Crippen LogP contribution in [0.5, 0.6) is 0 Å². The van der Waals surface area contributed by atoms with E-state index in [1.54, 1.807) is 24.3 Å². The van der Waals surface area contributed by atoms with Gasteiger partial charge in [-0.05, 0) is 35.4 Å². The maximum atomic E-state index is 13.3. The van der Waals surface area contributed by atoms with Crippen LogP contribution in [-0.2, 0) is 0 Å². The molecule has 0 saturated carbocycles. The minimum absolute atomic E-state index is 0.236. The van der Waals surface area contributed by atoms with Gasteiger partial charge in [0.2, 0.25) is 0 Å². The van der Waals surface area contributed by atoms with Crippen molar-refractivity contribution in [2.45, 2.75) is 9.79 Å². The van der Waals surface area contributed by atoms with E-state index in [2.05, 4.69) is 0 Å². The molecule has 0 spiro atoms. The summed E-state index contributed by atoms with van der Waals surface area (Å²) in [6.45, 7) is 0. The van der Waals surface area contributed by atoms with Gasteiger partial charge in [0.1, 0.15) is 5.82 Å². The molecule has 2 nitrogen and oxygen atoms in total. The lowest BCUT2D eigenvalue weighted by atomic mass is 10.1. The van der Waals surface area contributed by atoms with Crippen molar-refractivity contribution in [2.24, 2.45) is 0 Å². The number of benzene rings is 2. The molecule has 0 amide bonds. The fraction of sp³-hybridized carbons (Fsp3) is 0. The molecule has 0 aromatic heterocycles. The Morgan fingerprint density at radius 2 is 1.63 bits per heavy atom. The van der Waals surface area contributed by atoms with Crippen LogP contribution in [0.3, 0.4) is 0 Å². The fourth-order valence-corrected chi connectivity index (χ4v) is 3.03. The summed E-state index contributed by atoms with van der Waals surface area (Å²) in [6.07, 6.45) is 3.83. The minimum Gasteiger partial charge on any atom is -0.478 e. The first-order chi connectivity index (χ1) is 9.13. The van der Waals surface area contributed by atoms with Crippen molar-refractivity contribution < 1.29 is 14.3 Å². The number of rotatable bonds is 1. The molecule has 0 radical (unpaired) electrons. The summed E-state index contributed by atoms with van der Waals surface area (Å²) in [5, 5.41) is 9.01. The topological polar surface area (TPSA) is 37.3 Å². The van der Waals surface area contributed by atoms with Crippen LogP contribution in [-0.4, -0.2) is 11.1 Å². The van der Waals surface area contributed by atoms with E-state index in [4.69, 9.17) is 5.11 Å². The first-order valence-corrected chi connectivity index (χ1v) is 6.48. The van der Waals surface area contributed by atoms with Crippen molar-refractivity contribution in [1.82, 2.24) is 0 Å². The molecule has 0 saturated heterocycles. The third-order valence-corrected chi connectivity index (χ3v) is 4.05. The van der Waals surface area contributed by atoms with Crippen LogP contribution in [0.2, 0.25) is 0 Å². The van der Waals surface area contributed by atoms with Crippen molar-refractivity contribution >= 4 is 29.9 Å². The molecule has 0 atom stereocenters. The second-order valence-corrected chi connectivity index (χ2v) is 5.26. The minimum atomic E-state index is -0.962. The summed E-state index contributed by atoms with van der Waals surface area (Å²) >= 11 is 1.38. The molecular weight excluding hydrogens is 263 g/mol. The Bertz CT molecular complexity index is 707. The van der Waals surface area contributed by atoms with Gasteiger partial charge < -0.3 is 5.11 Å². The molecule has 1 heterocycles. The Balaban J connectivity index is 2.13. The molecule has 0 aliphatic carbocycles. The highest BCUT2D eigenvalue weighted by Crippen LogP contribution is 2.38. The van der Waals surface area contributed by atoms with Crippen LogP contribution in [0.4, 0.5) is 4.39 Å². The summed E-state index contributed by atoms with van der Waals surface area (Å²) in [4.78, 5) is 12.6. The first kappa shape index (κ1) is 12.0. The number of halogens is 1. The first-order valence-electron chi connectivity index (χ1n) is 5.66. The van der Waals surface area contributed by atoms with Crippen LogP contribution >= 0.6 is 11.8 Å². The lowest BCUT2D eigenvalue weighted by Gasteiger charge is -2.06. The summed E-state index contributed by atoms with van der Waals surface area (Å²) in [6, 6.07) is 9.56. The fourth-order valence-electron chi connectivity index (χ4n) is 1.93. The molecule has 3 rings (SSSR count). The predicted molar refractivity (Wildman–Crippen MR) is 72.9 cm³/mol. The van der Waals surface area contributed by atoms with Crippen molar-refractivity contribution in [3.05, 3.63) is 58.9 Å². The largest absolute Gasteiger partial charge is 0.478 e. The molecule has 2 aromatic carbocycles. The van der Waals surface area contributed by atoms with Gasteiger partial charge in [-0.2, -0.15) is 0 Å². The average Bonchev–Trinajstić information content (AvgIpc) is 2.56. The lowest BCUT2D eigenvalue weighted by Crippen LogP contribution is -1.96. The molecule has 0 fully saturated rings. The third kappa shape index (κ3) is 2.27. The molecular formula is C15H9FO2S. The van der Waals surface area contributed by atoms with Crippen LogP contribution in [0.15, 0.2) is 46.2 Å². The van der Waals surface area contributed by atoms with Gasteiger partial charge in [-0.3, -0.25) is 0 Å². The maximum absolute atomic E-state index is 13.3. The van der Waals surface area contributed by atoms with Crippen molar-refractivity contribution in [3.8, 4) is 0 Å². The van der Waals surface area contributed by atoms with E-state index in [0.29, 0.717) is 0 Å². The standard InChI is InChI=1S/C15H9FO2S/c16-12-6-5-10-2-1-9-3-4-11(15(17)18)7-13(9)19-14(10)8-12/h1-8H,(H,17,18). The number of fused-ring (bicyclic) bond motifs is 2. The summed E-state index contributed by atoms with van der Waals surface area (Å²) < 4.78 is 13.3. The van der Waals surface area contributed by atoms with Crippen LogP contribution < -0.4 is 0 Å². The van der Waals surface area contributed by atoms with Gasteiger partial charge in [-0.1, -0.05) is 36.0 Å². The maximum Gasteiger partial charge on any atom is 0.335 e. The Kier molecular flexibility index (Phi) is 2.87. The number of hydrogen-bond donors (Lipinski definition) is 1. The second kappa shape index (κ2) is 4.55. The molecule has 1 aliphatic rings. The van der Waals surface area contributed by atoms with Gasteiger partial charge in [0, 0.05) is 9.79 Å². The average molecular weight is 272 g/mol. The van der Waals surface area contributed by atoms with Gasteiger partial charge in [0.15, 0.2) is 0 Å². The van der Waals surface area contributed by atoms with E-state index in [1.807, 2.05) is 12.2 Å². The summed E-state index contributed by atoms with van der Waals surface area (Å²) in [7, 11) is 0. The highest BCUT2D eigenvalue weighted by atomic mass is 32.2. The van der Waals surface area contributed by atoms with Gasteiger partial charge in [-0.25, -0.2) is 9.18 Å². The highest BCUT2D eigenvalue weighted by molar-refractivity contribution is 7.99. The number of hydrogen-bond acceptors (Lipinski definition) is 2. The summed E-state index contributed by atoms with van der Waals surface area (Å²) in [5.74, 6) is -1.26. The van der Waals surface area contributed by atoms with Gasteiger partial charge in [-0.15, -0.1) is 0 Å². The number of carboxylic acids is 1. The number of carboxylic acid groups (broad SMARTS) is 1. The molecule has 1 N–H and O–H groups in total. The van der Waals surface area contributed by atoms with Crippen LogP contribution in [0.25, 0.3) is 12.2 Å². The lowest BCUT2D eigenvalue weighted by molar-refractivity contribution is 0.0696. The molecule has 4 heteroatoms. The summed E-state index contributed by atoms with van der Waals surface area (Å²) in [5.41, 5.74) is 2.10. The molecule has 1 aliphatic heterocycles. The third-order valence-electron chi connectivity index (χ3n) is 2.90. The van der Waals surface area contributed by atoms with E-state index in [-0.39, 0.29) is 11.4 Å². The molecule has 19 heavy (non-hydrogen) atoms. The Hall–Kier alpha value is -2.07. The molecule has 0 bridgehead atoms. The van der Waals surface area contributed by atoms with Gasteiger partial charge >= 0.3 is 5.97 Å². The molecule has 2 aromatic rings. The van der Waals surface area contributed by atoms with Crippen LogP contribution in [0, 0.1) is 5.82 Å². The normalized spacial score (nSPS) is 12.5. The zero-order valence-corrected chi connectivity index (χ0v) is 10.6. The smallest absolute Gasteiger partial charge is 0.335 e. The van der Waals surface area contributed by atoms with E-state index >= 15 is 0 Å². The Morgan fingerprint density at radius 1 is 1.00 bits per heavy atom. The SMILES string of the molecule is O=C(O)c1ccc2c(c1)Sc1cc(F)ccc1C=C2. The molecule has 0 unspecified atom stereocenters. The number of carbonyl (C=O) groups is 1. The number of aromatic carboxylic acids is 1. The van der Waals surface area contributed by atoms with Gasteiger partial charge in [0.25, 0.3) is 0 Å². The second-order valence-electron chi connectivity index (χ2n) is 4.18. The molecule has 94 valence electrons. The van der Waals surface area contributed by atoms with Crippen molar-refractivity contribution in [1.29, 1.82) is 0 Å². The zero-order valence-electron chi connectivity index (χ0n) is 9.76. The monoisotopic (exact) mass is 272 g/mol. The van der Waals surface area contributed by atoms with E-state index in [1.165, 1.54) is 23.9 Å². The van der Waals surface area contributed by atoms with Gasteiger partial charge in [0.05, 0.1) is 5.56 Å². The van der Waals surface area contributed by atoms with E-state index < -0.39 is 5.97 Å².